The van der Waals surface area contributed by atoms with Crippen LogP contribution in [0.5, 0.6) is 11.5 Å². The summed E-state index contributed by atoms with van der Waals surface area (Å²) in [6.07, 6.45) is 1.82. The quantitative estimate of drug-likeness (QED) is 0.717. The average Bonchev–Trinajstić information content (AvgIpc) is 2.93. The van der Waals surface area contributed by atoms with Gasteiger partial charge in [-0.25, -0.2) is 0 Å². The molecule has 20 heavy (non-hydrogen) atoms. The van der Waals surface area contributed by atoms with Gasteiger partial charge in [-0.15, -0.1) is 11.3 Å². The van der Waals surface area contributed by atoms with Gasteiger partial charge >= 0.3 is 0 Å². The van der Waals surface area contributed by atoms with Gasteiger partial charge in [0.25, 0.3) is 0 Å². The molecule has 0 aliphatic carbocycles. The molecule has 0 bridgehead atoms. The summed E-state index contributed by atoms with van der Waals surface area (Å²) in [6, 6.07) is 7.57. The van der Waals surface area contributed by atoms with Crippen molar-refractivity contribution < 1.29 is 14.3 Å². The molecule has 2 aromatic rings. The van der Waals surface area contributed by atoms with Crippen molar-refractivity contribution in [3.63, 3.8) is 0 Å². The zero-order valence-corrected chi connectivity index (χ0v) is 13.7. The maximum atomic E-state index is 10.8. The number of methoxy groups -OCH3 is 1. The van der Waals surface area contributed by atoms with Crippen molar-refractivity contribution in [2.24, 2.45) is 0 Å². The van der Waals surface area contributed by atoms with Crippen molar-refractivity contribution in [2.45, 2.75) is 20.0 Å². The molecule has 0 unspecified atom stereocenters. The molecule has 0 N–H and O–H groups in total. The summed E-state index contributed by atoms with van der Waals surface area (Å²) in [5, 5.41) is 0. The normalized spacial score (nSPS) is 10.3. The zero-order chi connectivity index (χ0) is 14.5. The maximum Gasteiger partial charge on any atom is 0.175 e. The van der Waals surface area contributed by atoms with E-state index in [2.05, 4.69) is 35.0 Å². The zero-order valence-electron chi connectivity index (χ0n) is 11.3. The van der Waals surface area contributed by atoms with E-state index >= 15 is 0 Å². The van der Waals surface area contributed by atoms with E-state index in [1.54, 1.807) is 30.6 Å². The van der Waals surface area contributed by atoms with Crippen LogP contribution in [-0.4, -0.2) is 13.4 Å². The molecule has 0 amide bonds. The molecule has 0 aliphatic heterocycles. The standard InChI is InChI=1S/C15H15BrO3S/c1-3-11-4-5-12(20-11)9-19-15-13(16)6-10(8-17)7-14(15)18-2/h4-8H,3,9H2,1-2H3. The van der Waals surface area contributed by atoms with E-state index in [1.165, 1.54) is 4.88 Å². The van der Waals surface area contributed by atoms with Crippen LogP contribution >= 0.6 is 27.3 Å². The van der Waals surface area contributed by atoms with E-state index < -0.39 is 0 Å². The minimum Gasteiger partial charge on any atom is -0.493 e. The predicted molar refractivity (Wildman–Crippen MR) is 84.1 cm³/mol. The second kappa shape index (κ2) is 6.90. The number of halogens is 1. The summed E-state index contributed by atoms with van der Waals surface area (Å²) >= 11 is 5.15. The van der Waals surface area contributed by atoms with Crippen molar-refractivity contribution >= 4 is 33.6 Å². The number of hydrogen-bond donors (Lipinski definition) is 0. The molecule has 0 saturated heterocycles. The molecule has 1 heterocycles. The van der Waals surface area contributed by atoms with E-state index in [-0.39, 0.29) is 0 Å². The van der Waals surface area contributed by atoms with Crippen LogP contribution in [-0.2, 0) is 13.0 Å². The number of aldehydes is 1. The lowest BCUT2D eigenvalue weighted by molar-refractivity contribution is 0.112. The third-order valence-corrected chi connectivity index (χ3v) is 4.60. The largest absolute Gasteiger partial charge is 0.493 e. The van der Waals surface area contributed by atoms with Crippen LogP contribution in [0.15, 0.2) is 28.7 Å². The van der Waals surface area contributed by atoms with Crippen molar-refractivity contribution in [1.82, 2.24) is 0 Å². The number of carbonyl (C=O) groups is 1. The van der Waals surface area contributed by atoms with Gasteiger partial charge in [0.2, 0.25) is 0 Å². The van der Waals surface area contributed by atoms with Crippen LogP contribution in [0.25, 0.3) is 0 Å². The van der Waals surface area contributed by atoms with Crippen LogP contribution in [0, 0.1) is 0 Å². The van der Waals surface area contributed by atoms with E-state index in [9.17, 15) is 4.79 Å². The molecule has 1 aromatic carbocycles. The molecular formula is C15H15BrO3S. The Labute approximate surface area is 130 Å². The second-order valence-electron chi connectivity index (χ2n) is 4.16. The molecule has 0 spiro atoms. The third kappa shape index (κ3) is 3.41. The summed E-state index contributed by atoms with van der Waals surface area (Å²) in [6.45, 7) is 2.62. The first-order valence-corrected chi connectivity index (χ1v) is 7.82. The smallest absolute Gasteiger partial charge is 0.175 e. The minimum atomic E-state index is 0.486. The lowest BCUT2D eigenvalue weighted by Gasteiger charge is -2.12. The molecule has 2 rings (SSSR count). The fourth-order valence-electron chi connectivity index (χ4n) is 1.78. The Kier molecular flexibility index (Phi) is 5.20. The molecule has 0 atom stereocenters. The average molecular weight is 355 g/mol. The number of carbonyl (C=O) groups excluding carboxylic acids is 1. The van der Waals surface area contributed by atoms with Gasteiger partial charge in [-0.1, -0.05) is 6.92 Å². The van der Waals surface area contributed by atoms with Gasteiger partial charge in [-0.2, -0.15) is 0 Å². The first kappa shape index (κ1) is 15.1. The van der Waals surface area contributed by atoms with Gasteiger partial charge in [0, 0.05) is 15.3 Å². The Hall–Kier alpha value is -1.33. The highest BCUT2D eigenvalue weighted by Gasteiger charge is 2.12. The van der Waals surface area contributed by atoms with Crippen molar-refractivity contribution in [1.29, 1.82) is 0 Å². The molecule has 0 fully saturated rings. The second-order valence-corrected chi connectivity index (χ2v) is 6.27. The van der Waals surface area contributed by atoms with Gasteiger partial charge in [0.1, 0.15) is 12.9 Å². The van der Waals surface area contributed by atoms with Crippen LogP contribution in [0.2, 0.25) is 0 Å². The Morgan fingerprint density at radius 3 is 2.65 bits per heavy atom. The SMILES string of the molecule is CCc1ccc(COc2c(Br)cc(C=O)cc2OC)s1. The van der Waals surface area contributed by atoms with E-state index in [0.29, 0.717) is 28.1 Å². The minimum absolute atomic E-state index is 0.486. The fourth-order valence-corrected chi connectivity index (χ4v) is 3.23. The van der Waals surface area contributed by atoms with E-state index in [1.807, 2.05) is 0 Å². The highest BCUT2D eigenvalue weighted by Crippen LogP contribution is 2.37. The summed E-state index contributed by atoms with van der Waals surface area (Å²) in [7, 11) is 1.56. The van der Waals surface area contributed by atoms with Crippen LogP contribution in [0.1, 0.15) is 27.0 Å². The maximum absolute atomic E-state index is 10.8. The highest BCUT2D eigenvalue weighted by atomic mass is 79.9. The van der Waals surface area contributed by atoms with Gasteiger partial charge in [0.15, 0.2) is 11.5 Å². The van der Waals surface area contributed by atoms with Gasteiger partial charge in [-0.05, 0) is 46.6 Å². The third-order valence-electron chi connectivity index (χ3n) is 2.81. The molecule has 0 aliphatic rings. The van der Waals surface area contributed by atoms with Crippen LogP contribution < -0.4 is 9.47 Å². The predicted octanol–water partition coefficient (Wildman–Crippen LogP) is 4.47. The van der Waals surface area contributed by atoms with E-state index in [4.69, 9.17) is 9.47 Å². The molecule has 0 radical (unpaired) electrons. The first-order chi connectivity index (χ1) is 9.67. The Morgan fingerprint density at radius 1 is 1.30 bits per heavy atom. The van der Waals surface area contributed by atoms with Crippen LogP contribution in [0.3, 0.4) is 0 Å². The lowest BCUT2D eigenvalue weighted by Crippen LogP contribution is -1.98. The van der Waals surface area contributed by atoms with Crippen molar-refractivity contribution in [2.75, 3.05) is 7.11 Å². The molecule has 3 nitrogen and oxygen atoms in total. The first-order valence-electron chi connectivity index (χ1n) is 6.21. The Morgan fingerprint density at radius 2 is 2.05 bits per heavy atom. The lowest BCUT2D eigenvalue weighted by atomic mass is 10.2. The highest BCUT2D eigenvalue weighted by molar-refractivity contribution is 9.10. The summed E-state index contributed by atoms with van der Waals surface area (Å²) in [4.78, 5) is 13.3. The number of rotatable bonds is 6. The molecule has 1 aromatic heterocycles. The number of benzene rings is 1. The molecule has 5 heteroatoms. The van der Waals surface area contributed by atoms with Gasteiger partial charge in [0.05, 0.1) is 11.6 Å². The fraction of sp³-hybridized carbons (Fsp3) is 0.267. The Bertz CT molecular complexity index is 607. The topological polar surface area (TPSA) is 35.5 Å². The van der Waals surface area contributed by atoms with Gasteiger partial charge in [-0.3, -0.25) is 4.79 Å². The molecule has 106 valence electrons. The van der Waals surface area contributed by atoms with Crippen molar-refractivity contribution in [3.05, 3.63) is 44.1 Å². The molecule has 0 saturated carbocycles. The van der Waals surface area contributed by atoms with Gasteiger partial charge < -0.3 is 9.47 Å². The number of hydrogen-bond acceptors (Lipinski definition) is 4. The molecular weight excluding hydrogens is 340 g/mol. The number of ether oxygens (including phenoxy) is 2. The number of thiophene rings is 1. The summed E-state index contributed by atoms with van der Waals surface area (Å²) in [5.41, 5.74) is 0.547. The van der Waals surface area contributed by atoms with E-state index in [0.717, 1.165) is 17.6 Å². The summed E-state index contributed by atoms with van der Waals surface area (Å²) in [5.74, 6) is 1.17. The summed E-state index contributed by atoms with van der Waals surface area (Å²) < 4.78 is 11.8. The monoisotopic (exact) mass is 354 g/mol. The van der Waals surface area contributed by atoms with Crippen molar-refractivity contribution in [3.8, 4) is 11.5 Å². The Balaban J connectivity index is 2.18. The number of aryl methyl sites for hydroxylation is 1. The van der Waals surface area contributed by atoms with Crippen LogP contribution in [0.4, 0.5) is 0 Å².